The first-order valence-electron chi connectivity index (χ1n) is 5.82. The van der Waals surface area contributed by atoms with E-state index in [1.807, 2.05) is 0 Å². The van der Waals surface area contributed by atoms with Crippen molar-refractivity contribution in [3.8, 4) is 0 Å². The molecule has 0 aliphatic heterocycles. The van der Waals surface area contributed by atoms with Crippen LogP contribution in [0.4, 0.5) is 13.2 Å². The normalized spacial score (nSPS) is 11.5. The van der Waals surface area contributed by atoms with E-state index in [0.717, 1.165) is 11.0 Å². The van der Waals surface area contributed by atoms with Gasteiger partial charge in [-0.25, -0.2) is 13.2 Å². The highest BCUT2D eigenvalue weighted by Crippen LogP contribution is 2.18. The Morgan fingerprint density at radius 2 is 1.84 bits per heavy atom. The Hall–Kier alpha value is -1.56. The van der Waals surface area contributed by atoms with Gasteiger partial charge in [0.2, 0.25) is 0 Å². The van der Waals surface area contributed by atoms with Crippen molar-refractivity contribution < 1.29 is 23.1 Å². The Morgan fingerprint density at radius 3 is 2.32 bits per heavy atom. The molecule has 0 radical (unpaired) electrons. The molecule has 3 nitrogen and oxygen atoms in total. The minimum atomic E-state index is -1.68. The number of hydrogen-bond donors (Lipinski definition) is 1. The molecule has 19 heavy (non-hydrogen) atoms. The van der Waals surface area contributed by atoms with Gasteiger partial charge in [0.25, 0.3) is 5.91 Å². The van der Waals surface area contributed by atoms with Crippen LogP contribution >= 0.6 is 0 Å². The summed E-state index contributed by atoms with van der Waals surface area (Å²) in [6.45, 7) is 4.79. The molecule has 6 heteroatoms. The van der Waals surface area contributed by atoms with Gasteiger partial charge < -0.3 is 10.0 Å². The zero-order valence-electron chi connectivity index (χ0n) is 11.0. The van der Waals surface area contributed by atoms with E-state index < -0.39 is 34.5 Å². The number of halogens is 3. The van der Waals surface area contributed by atoms with Crippen molar-refractivity contribution in [2.24, 2.45) is 0 Å². The zero-order valence-corrected chi connectivity index (χ0v) is 11.0. The molecule has 0 bridgehead atoms. The van der Waals surface area contributed by atoms with Crippen LogP contribution in [0, 0.1) is 17.5 Å². The SMILES string of the molecule is CCN(CC(C)(C)O)C(=O)c1ccc(F)c(F)c1F. The standard InChI is InChI=1S/C13H16F3NO2/c1-4-17(7-13(2,3)19)12(18)8-5-6-9(14)11(16)10(8)15/h5-6,19H,4,7H2,1-3H3. The van der Waals surface area contributed by atoms with Gasteiger partial charge in [-0.2, -0.15) is 0 Å². The Kier molecular flexibility index (Phi) is 4.57. The topological polar surface area (TPSA) is 40.5 Å². The lowest BCUT2D eigenvalue weighted by Gasteiger charge is -2.28. The van der Waals surface area contributed by atoms with Crippen LogP contribution in [0.3, 0.4) is 0 Å². The Labute approximate surface area is 109 Å². The summed E-state index contributed by atoms with van der Waals surface area (Å²) in [7, 11) is 0. The summed E-state index contributed by atoms with van der Waals surface area (Å²) < 4.78 is 39.4. The lowest BCUT2D eigenvalue weighted by atomic mass is 10.1. The molecular formula is C13H16F3NO2. The number of hydrogen-bond acceptors (Lipinski definition) is 2. The van der Waals surface area contributed by atoms with Crippen LogP contribution in [0.2, 0.25) is 0 Å². The van der Waals surface area contributed by atoms with E-state index in [9.17, 15) is 23.1 Å². The average molecular weight is 275 g/mol. The van der Waals surface area contributed by atoms with E-state index in [0.29, 0.717) is 6.07 Å². The Morgan fingerprint density at radius 1 is 1.26 bits per heavy atom. The second-order valence-electron chi connectivity index (χ2n) is 4.85. The van der Waals surface area contributed by atoms with E-state index in [2.05, 4.69) is 0 Å². The number of likely N-dealkylation sites (N-methyl/N-ethyl adjacent to an activating group) is 1. The Bertz CT molecular complexity index is 484. The second kappa shape index (κ2) is 5.61. The van der Waals surface area contributed by atoms with Gasteiger partial charge >= 0.3 is 0 Å². The third-order valence-electron chi connectivity index (χ3n) is 2.51. The van der Waals surface area contributed by atoms with Crippen LogP contribution in [0.1, 0.15) is 31.1 Å². The minimum absolute atomic E-state index is 0.0409. The van der Waals surface area contributed by atoms with Crippen molar-refractivity contribution in [1.29, 1.82) is 0 Å². The summed E-state index contributed by atoms with van der Waals surface area (Å²) in [6.07, 6.45) is 0. The van der Waals surface area contributed by atoms with E-state index >= 15 is 0 Å². The molecule has 1 N–H and O–H groups in total. The van der Waals surface area contributed by atoms with Gasteiger partial charge in [-0.1, -0.05) is 0 Å². The molecule has 0 saturated carbocycles. The van der Waals surface area contributed by atoms with Gasteiger partial charge in [-0.15, -0.1) is 0 Å². The second-order valence-corrected chi connectivity index (χ2v) is 4.85. The van der Waals surface area contributed by atoms with Gasteiger partial charge in [-0.3, -0.25) is 4.79 Å². The van der Waals surface area contributed by atoms with Crippen LogP contribution < -0.4 is 0 Å². The fourth-order valence-corrected chi connectivity index (χ4v) is 1.66. The number of nitrogens with zero attached hydrogens (tertiary/aromatic N) is 1. The van der Waals surface area contributed by atoms with Crippen LogP contribution in [0.25, 0.3) is 0 Å². The molecule has 0 spiro atoms. The van der Waals surface area contributed by atoms with Crippen molar-refractivity contribution in [2.75, 3.05) is 13.1 Å². The number of amides is 1. The van der Waals surface area contributed by atoms with E-state index in [-0.39, 0.29) is 13.1 Å². The molecule has 0 atom stereocenters. The maximum absolute atomic E-state index is 13.5. The molecular weight excluding hydrogens is 259 g/mol. The maximum Gasteiger partial charge on any atom is 0.257 e. The molecule has 1 amide bonds. The first kappa shape index (κ1) is 15.5. The molecule has 0 heterocycles. The van der Waals surface area contributed by atoms with Crippen LogP contribution in [-0.4, -0.2) is 34.6 Å². The number of rotatable bonds is 4. The van der Waals surface area contributed by atoms with E-state index in [4.69, 9.17) is 0 Å². The Balaban J connectivity index is 3.08. The average Bonchev–Trinajstić information content (AvgIpc) is 2.31. The van der Waals surface area contributed by atoms with E-state index in [1.54, 1.807) is 6.92 Å². The monoisotopic (exact) mass is 275 g/mol. The molecule has 0 fully saturated rings. The smallest absolute Gasteiger partial charge is 0.257 e. The highest BCUT2D eigenvalue weighted by atomic mass is 19.2. The molecule has 106 valence electrons. The molecule has 0 aliphatic rings. The fourth-order valence-electron chi connectivity index (χ4n) is 1.66. The van der Waals surface area contributed by atoms with Crippen molar-refractivity contribution in [3.05, 3.63) is 35.1 Å². The van der Waals surface area contributed by atoms with Gasteiger partial charge in [-0.05, 0) is 32.9 Å². The lowest BCUT2D eigenvalue weighted by molar-refractivity contribution is 0.0311. The quantitative estimate of drug-likeness (QED) is 0.857. The van der Waals surface area contributed by atoms with Crippen molar-refractivity contribution in [2.45, 2.75) is 26.4 Å². The van der Waals surface area contributed by atoms with Gasteiger partial charge in [0.05, 0.1) is 11.2 Å². The first-order valence-corrected chi connectivity index (χ1v) is 5.82. The minimum Gasteiger partial charge on any atom is -0.389 e. The molecule has 1 aromatic rings. The summed E-state index contributed by atoms with van der Waals surface area (Å²) in [5.41, 5.74) is -1.72. The predicted molar refractivity (Wildman–Crippen MR) is 64.2 cm³/mol. The molecule has 1 aromatic carbocycles. The molecule has 0 saturated heterocycles. The maximum atomic E-state index is 13.5. The molecule has 0 aromatic heterocycles. The highest BCUT2D eigenvalue weighted by Gasteiger charge is 2.26. The number of aliphatic hydroxyl groups is 1. The third-order valence-corrected chi connectivity index (χ3v) is 2.51. The summed E-state index contributed by atoms with van der Waals surface area (Å²) in [4.78, 5) is 13.2. The lowest BCUT2D eigenvalue weighted by Crippen LogP contribution is -2.42. The highest BCUT2D eigenvalue weighted by molar-refractivity contribution is 5.94. The van der Waals surface area contributed by atoms with Crippen LogP contribution in [-0.2, 0) is 0 Å². The molecule has 1 rings (SSSR count). The van der Waals surface area contributed by atoms with Gasteiger partial charge in [0.1, 0.15) is 0 Å². The summed E-state index contributed by atoms with van der Waals surface area (Å²) in [5, 5.41) is 9.66. The van der Waals surface area contributed by atoms with Gasteiger partial charge in [0.15, 0.2) is 17.5 Å². The number of benzene rings is 1. The largest absolute Gasteiger partial charge is 0.389 e. The number of carbonyl (C=O) groups excluding carboxylic acids is 1. The zero-order chi connectivity index (χ0) is 14.8. The fraction of sp³-hybridized carbons (Fsp3) is 0.462. The molecule has 0 unspecified atom stereocenters. The number of carbonyl (C=O) groups is 1. The van der Waals surface area contributed by atoms with Crippen LogP contribution in [0.15, 0.2) is 12.1 Å². The summed E-state index contributed by atoms with van der Waals surface area (Å²) >= 11 is 0. The molecule has 0 aliphatic carbocycles. The third kappa shape index (κ3) is 3.70. The van der Waals surface area contributed by atoms with Crippen molar-refractivity contribution >= 4 is 5.91 Å². The summed E-state index contributed by atoms with van der Waals surface area (Å²) in [5.74, 6) is -5.33. The first-order chi connectivity index (χ1) is 8.67. The van der Waals surface area contributed by atoms with Crippen LogP contribution in [0.5, 0.6) is 0 Å². The van der Waals surface area contributed by atoms with Crippen molar-refractivity contribution in [1.82, 2.24) is 4.90 Å². The predicted octanol–water partition coefficient (Wildman–Crippen LogP) is 2.34. The van der Waals surface area contributed by atoms with Gasteiger partial charge in [0, 0.05) is 13.1 Å². The van der Waals surface area contributed by atoms with Crippen molar-refractivity contribution in [3.63, 3.8) is 0 Å². The van der Waals surface area contributed by atoms with E-state index in [1.165, 1.54) is 13.8 Å². The summed E-state index contributed by atoms with van der Waals surface area (Å²) in [6, 6.07) is 1.59.